The van der Waals surface area contributed by atoms with E-state index in [1.807, 2.05) is 12.1 Å². The Morgan fingerprint density at radius 3 is 3.21 bits per heavy atom. The summed E-state index contributed by atoms with van der Waals surface area (Å²) in [6, 6.07) is 8.32. The molecule has 1 aromatic rings. The minimum absolute atomic E-state index is 0.204. The molecule has 0 radical (unpaired) electrons. The summed E-state index contributed by atoms with van der Waals surface area (Å²) in [4.78, 5) is 0. The van der Waals surface area contributed by atoms with Crippen LogP contribution in [0.4, 0.5) is 0 Å². The molecular weight excluding hydrogens is 242 g/mol. The maximum atomic E-state index is 5.76. The van der Waals surface area contributed by atoms with Crippen molar-refractivity contribution in [3.63, 3.8) is 0 Å². The fourth-order valence-corrected chi connectivity index (χ4v) is 2.05. The van der Waals surface area contributed by atoms with Crippen molar-refractivity contribution in [3.8, 4) is 0 Å². The molecule has 1 aromatic carbocycles. The van der Waals surface area contributed by atoms with Crippen LogP contribution in [0.15, 0.2) is 28.7 Å². The maximum Gasteiger partial charge on any atom is 0.0949 e. The van der Waals surface area contributed by atoms with Gasteiger partial charge in [-0.1, -0.05) is 28.1 Å². The van der Waals surface area contributed by atoms with Crippen LogP contribution in [-0.4, -0.2) is 19.7 Å². The van der Waals surface area contributed by atoms with Gasteiger partial charge in [0.25, 0.3) is 0 Å². The Kier molecular flexibility index (Phi) is 3.56. The summed E-state index contributed by atoms with van der Waals surface area (Å²) >= 11 is 3.47. The summed E-state index contributed by atoms with van der Waals surface area (Å²) in [7, 11) is 0. The Hall–Kier alpha value is -0.380. The van der Waals surface area contributed by atoms with E-state index >= 15 is 0 Å². The van der Waals surface area contributed by atoms with Crippen LogP contribution in [0.2, 0.25) is 0 Å². The molecule has 1 heterocycles. The van der Waals surface area contributed by atoms with Crippen LogP contribution < -0.4 is 5.32 Å². The fourth-order valence-electron chi connectivity index (χ4n) is 1.64. The first-order chi connectivity index (χ1) is 6.86. The molecule has 1 atom stereocenters. The van der Waals surface area contributed by atoms with Gasteiger partial charge in [0, 0.05) is 17.6 Å². The Balaban J connectivity index is 2.12. The highest BCUT2D eigenvalue weighted by atomic mass is 79.9. The molecule has 1 aliphatic heterocycles. The van der Waals surface area contributed by atoms with Crippen LogP contribution in [0.5, 0.6) is 0 Å². The molecule has 1 aliphatic rings. The lowest BCUT2D eigenvalue weighted by atomic mass is 10.1. The van der Waals surface area contributed by atoms with Crippen LogP contribution in [0.1, 0.15) is 18.1 Å². The van der Waals surface area contributed by atoms with E-state index in [1.165, 1.54) is 5.56 Å². The van der Waals surface area contributed by atoms with E-state index in [0.717, 1.165) is 30.6 Å². The van der Waals surface area contributed by atoms with Crippen molar-refractivity contribution in [2.75, 3.05) is 19.7 Å². The van der Waals surface area contributed by atoms with Gasteiger partial charge in [-0.2, -0.15) is 0 Å². The SMILES string of the molecule is Brc1cccc([C@@H]2CNCCCO2)c1. The Labute approximate surface area is 92.8 Å². The van der Waals surface area contributed by atoms with Crippen molar-refractivity contribution in [1.29, 1.82) is 0 Å². The van der Waals surface area contributed by atoms with Crippen molar-refractivity contribution in [1.82, 2.24) is 5.32 Å². The zero-order valence-corrected chi connectivity index (χ0v) is 9.59. The van der Waals surface area contributed by atoms with Gasteiger partial charge in [-0.3, -0.25) is 0 Å². The highest BCUT2D eigenvalue weighted by Crippen LogP contribution is 2.21. The van der Waals surface area contributed by atoms with Crippen molar-refractivity contribution >= 4 is 15.9 Å². The Morgan fingerprint density at radius 2 is 2.36 bits per heavy atom. The van der Waals surface area contributed by atoms with E-state index in [-0.39, 0.29) is 6.10 Å². The monoisotopic (exact) mass is 255 g/mol. The van der Waals surface area contributed by atoms with Crippen LogP contribution >= 0.6 is 15.9 Å². The average Bonchev–Trinajstić information content (AvgIpc) is 2.45. The minimum atomic E-state index is 0.204. The molecule has 0 aliphatic carbocycles. The lowest BCUT2D eigenvalue weighted by Crippen LogP contribution is -2.20. The molecule has 0 amide bonds. The van der Waals surface area contributed by atoms with Crippen molar-refractivity contribution in [2.24, 2.45) is 0 Å². The first-order valence-corrected chi connectivity index (χ1v) is 5.73. The molecule has 0 saturated carbocycles. The summed E-state index contributed by atoms with van der Waals surface area (Å²) in [5, 5.41) is 3.37. The van der Waals surface area contributed by atoms with Crippen LogP contribution in [0, 0.1) is 0 Å². The third-order valence-electron chi connectivity index (χ3n) is 2.37. The van der Waals surface area contributed by atoms with E-state index in [2.05, 4.69) is 33.4 Å². The molecule has 1 fully saturated rings. The Bertz CT molecular complexity index is 295. The van der Waals surface area contributed by atoms with E-state index in [0.29, 0.717) is 0 Å². The van der Waals surface area contributed by atoms with E-state index in [1.54, 1.807) is 0 Å². The zero-order valence-electron chi connectivity index (χ0n) is 8.00. The second kappa shape index (κ2) is 4.91. The molecule has 0 bridgehead atoms. The summed E-state index contributed by atoms with van der Waals surface area (Å²) in [6.45, 7) is 2.82. The number of rotatable bonds is 1. The second-order valence-corrected chi connectivity index (χ2v) is 4.39. The lowest BCUT2D eigenvalue weighted by molar-refractivity contribution is 0.0668. The van der Waals surface area contributed by atoms with E-state index < -0.39 is 0 Å². The van der Waals surface area contributed by atoms with Gasteiger partial charge in [0.1, 0.15) is 0 Å². The predicted octanol–water partition coefficient (Wildman–Crippen LogP) is 2.50. The molecule has 1 saturated heterocycles. The van der Waals surface area contributed by atoms with Gasteiger partial charge in [0.15, 0.2) is 0 Å². The van der Waals surface area contributed by atoms with Gasteiger partial charge < -0.3 is 10.1 Å². The molecule has 0 unspecified atom stereocenters. The molecule has 1 N–H and O–H groups in total. The number of halogens is 1. The second-order valence-electron chi connectivity index (χ2n) is 3.47. The summed E-state index contributed by atoms with van der Waals surface area (Å²) in [5.41, 5.74) is 1.24. The minimum Gasteiger partial charge on any atom is -0.372 e. The van der Waals surface area contributed by atoms with Crippen molar-refractivity contribution in [3.05, 3.63) is 34.3 Å². The van der Waals surface area contributed by atoms with Crippen LogP contribution in [-0.2, 0) is 4.74 Å². The number of nitrogens with one attached hydrogen (secondary N) is 1. The van der Waals surface area contributed by atoms with Gasteiger partial charge >= 0.3 is 0 Å². The third kappa shape index (κ3) is 2.56. The summed E-state index contributed by atoms with van der Waals surface area (Å²) in [5.74, 6) is 0. The van der Waals surface area contributed by atoms with Crippen molar-refractivity contribution in [2.45, 2.75) is 12.5 Å². The molecule has 2 nitrogen and oxygen atoms in total. The maximum absolute atomic E-state index is 5.76. The number of hydrogen-bond donors (Lipinski definition) is 1. The first-order valence-electron chi connectivity index (χ1n) is 4.94. The standard InChI is InChI=1S/C11H14BrNO/c12-10-4-1-3-9(7-10)11-8-13-5-2-6-14-11/h1,3-4,7,11,13H,2,5-6,8H2/t11-/m0/s1. The fraction of sp³-hybridized carbons (Fsp3) is 0.455. The van der Waals surface area contributed by atoms with Crippen LogP contribution in [0.3, 0.4) is 0 Å². The van der Waals surface area contributed by atoms with Gasteiger partial charge in [0.2, 0.25) is 0 Å². The summed E-state index contributed by atoms with van der Waals surface area (Å²) in [6.07, 6.45) is 1.31. The third-order valence-corrected chi connectivity index (χ3v) is 2.86. The predicted molar refractivity (Wildman–Crippen MR) is 60.3 cm³/mol. The number of hydrogen-bond acceptors (Lipinski definition) is 2. The zero-order chi connectivity index (χ0) is 9.80. The lowest BCUT2D eigenvalue weighted by Gasteiger charge is -2.15. The topological polar surface area (TPSA) is 21.3 Å². The van der Waals surface area contributed by atoms with E-state index in [4.69, 9.17) is 4.74 Å². The number of benzene rings is 1. The average molecular weight is 256 g/mol. The Morgan fingerprint density at radius 1 is 1.43 bits per heavy atom. The molecule has 76 valence electrons. The quantitative estimate of drug-likeness (QED) is 0.833. The largest absolute Gasteiger partial charge is 0.372 e. The van der Waals surface area contributed by atoms with E-state index in [9.17, 15) is 0 Å². The number of ether oxygens (including phenoxy) is 1. The van der Waals surface area contributed by atoms with Gasteiger partial charge in [-0.25, -0.2) is 0 Å². The van der Waals surface area contributed by atoms with Gasteiger partial charge in [0.05, 0.1) is 6.10 Å². The molecular formula is C11H14BrNO. The first kappa shape index (κ1) is 10.1. The summed E-state index contributed by atoms with van der Waals surface area (Å²) < 4.78 is 6.87. The molecule has 0 aromatic heterocycles. The molecule has 2 rings (SSSR count). The smallest absolute Gasteiger partial charge is 0.0949 e. The molecule has 3 heteroatoms. The van der Waals surface area contributed by atoms with Crippen molar-refractivity contribution < 1.29 is 4.74 Å². The highest BCUT2D eigenvalue weighted by Gasteiger charge is 2.14. The van der Waals surface area contributed by atoms with Gasteiger partial charge in [-0.05, 0) is 30.7 Å². The van der Waals surface area contributed by atoms with Crippen LogP contribution in [0.25, 0.3) is 0 Å². The van der Waals surface area contributed by atoms with Gasteiger partial charge in [-0.15, -0.1) is 0 Å². The molecule has 0 spiro atoms. The highest BCUT2D eigenvalue weighted by molar-refractivity contribution is 9.10. The normalized spacial score (nSPS) is 23.1. The molecule has 14 heavy (non-hydrogen) atoms.